The number of nitriles is 1. The molecule has 0 spiro atoms. The van der Waals surface area contributed by atoms with Crippen LogP contribution in [-0.4, -0.2) is 25.7 Å². The van der Waals surface area contributed by atoms with E-state index in [1.165, 1.54) is 0 Å². The summed E-state index contributed by atoms with van der Waals surface area (Å²) in [6.45, 7) is 4.04. The molecule has 0 radical (unpaired) electrons. The molecule has 0 aromatic heterocycles. The Morgan fingerprint density at radius 3 is 2.76 bits per heavy atom. The normalized spacial score (nSPS) is 17.7. The molecule has 2 aliphatic rings. The van der Waals surface area contributed by atoms with Gasteiger partial charge < -0.3 is 23.8 Å². The minimum atomic E-state index is -0.562. The van der Waals surface area contributed by atoms with Crippen molar-refractivity contribution in [2.24, 2.45) is 0 Å². The van der Waals surface area contributed by atoms with Crippen LogP contribution in [0.3, 0.4) is 0 Å². The molecule has 0 saturated carbocycles. The minimum Gasteiger partial charge on any atom is -0.434 e. The number of allylic oxidation sites excluding steroid dienone is 1. The van der Waals surface area contributed by atoms with E-state index in [2.05, 4.69) is 6.92 Å². The maximum absolute atomic E-state index is 12.4. The summed E-state index contributed by atoms with van der Waals surface area (Å²) in [6.07, 6.45) is 2.08. The third kappa shape index (κ3) is 5.85. The van der Waals surface area contributed by atoms with Crippen molar-refractivity contribution >= 4 is 23.3 Å². The minimum absolute atomic E-state index is 0.0141. The summed E-state index contributed by atoms with van der Waals surface area (Å²) in [6, 6.07) is 15.2. The Balaban J connectivity index is 1.32. The number of hydrogen-bond acceptors (Lipinski definition) is 7. The predicted octanol–water partition coefficient (Wildman–Crippen LogP) is 5.25. The number of unbranched alkanes of at least 4 members (excludes halogenated alkanes) is 1. The Bertz CT molecular complexity index is 1070. The lowest BCUT2D eigenvalue weighted by Gasteiger charge is -2.18. The van der Waals surface area contributed by atoms with Crippen molar-refractivity contribution in [3.8, 4) is 11.8 Å². The monoisotopic (exact) mass is 468 g/mol. The van der Waals surface area contributed by atoms with Gasteiger partial charge in [0.15, 0.2) is 5.75 Å². The second-order valence-corrected chi connectivity index (χ2v) is 8.24. The highest BCUT2D eigenvalue weighted by Gasteiger charge is 2.31. The number of ether oxygens (including phenoxy) is 4. The van der Waals surface area contributed by atoms with Crippen LogP contribution in [0.2, 0.25) is 5.02 Å². The molecule has 2 aromatic carbocycles. The molecule has 0 N–H and O–H groups in total. The summed E-state index contributed by atoms with van der Waals surface area (Å²) >= 11 is 6.08. The van der Waals surface area contributed by atoms with Crippen LogP contribution in [0.5, 0.6) is 5.75 Å². The summed E-state index contributed by atoms with van der Waals surface area (Å²) in [5.41, 5.74) is 2.95. The predicted molar refractivity (Wildman–Crippen MR) is 122 cm³/mol. The first-order valence-corrected chi connectivity index (χ1v) is 11.3. The summed E-state index contributed by atoms with van der Waals surface area (Å²) in [5, 5.41) is 10.2. The van der Waals surface area contributed by atoms with Gasteiger partial charge in [0.1, 0.15) is 12.2 Å². The lowest BCUT2D eigenvalue weighted by molar-refractivity contribution is -0.140. The van der Waals surface area contributed by atoms with Gasteiger partial charge in [0.2, 0.25) is 0 Å². The molecule has 4 rings (SSSR count). The fourth-order valence-electron chi connectivity index (χ4n) is 3.46. The molecule has 0 aliphatic carbocycles. The summed E-state index contributed by atoms with van der Waals surface area (Å²) in [4.78, 5) is 14.2. The van der Waals surface area contributed by atoms with Gasteiger partial charge in [0, 0.05) is 17.6 Å². The van der Waals surface area contributed by atoms with Gasteiger partial charge in [-0.05, 0) is 29.7 Å². The molecule has 2 aliphatic heterocycles. The van der Waals surface area contributed by atoms with Crippen molar-refractivity contribution < 1.29 is 23.7 Å². The fraction of sp³-hybridized carbons (Fsp3) is 0.360. The molecule has 8 heteroatoms. The van der Waals surface area contributed by atoms with Crippen molar-refractivity contribution in [3.05, 3.63) is 70.3 Å². The van der Waals surface area contributed by atoms with Crippen LogP contribution in [0.25, 0.3) is 0 Å². The maximum atomic E-state index is 12.4. The van der Waals surface area contributed by atoms with Crippen LogP contribution in [0.4, 0.5) is 5.69 Å². The van der Waals surface area contributed by atoms with Crippen molar-refractivity contribution in [3.63, 3.8) is 0 Å². The molecular weight excluding hydrogens is 444 g/mol. The number of epoxide rings is 1. The number of esters is 1. The second kappa shape index (κ2) is 10.7. The summed E-state index contributed by atoms with van der Waals surface area (Å²) < 4.78 is 22.0. The van der Waals surface area contributed by atoms with Crippen LogP contribution in [0, 0.1) is 11.3 Å². The topological polar surface area (TPSA) is 84.3 Å². The van der Waals surface area contributed by atoms with Crippen molar-refractivity contribution in [1.82, 2.24) is 0 Å². The van der Waals surface area contributed by atoms with E-state index in [-0.39, 0.29) is 30.8 Å². The maximum Gasteiger partial charge on any atom is 0.314 e. The number of benzene rings is 2. The second-order valence-electron chi connectivity index (χ2n) is 7.81. The van der Waals surface area contributed by atoms with E-state index in [9.17, 15) is 10.1 Å². The van der Waals surface area contributed by atoms with E-state index in [1.807, 2.05) is 41.3 Å². The molecule has 1 unspecified atom stereocenters. The van der Waals surface area contributed by atoms with Crippen LogP contribution in [0.1, 0.15) is 43.4 Å². The Morgan fingerprint density at radius 1 is 1.27 bits per heavy atom. The number of halogens is 1. The molecule has 1 fully saturated rings. The van der Waals surface area contributed by atoms with E-state index in [0.29, 0.717) is 23.9 Å². The largest absolute Gasteiger partial charge is 0.434 e. The van der Waals surface area contributed by atoms with Gasteiger partial charge in [-0.3, -0.25) is 4.79 Å². The van der Waals surface area contributed by atoms with Gasteiger partial charge >= 0.3 is 5.97 Å². The number of hydrogen-bond donors (Lipinski definition) is 0. The lowest BCUT2D eigenvalue weighted by Crippen LogP contribution is -2.24. The molecule has 0 amide bonds. The summed E-state index contributed by atoms with van der Waals surface area (Å²) in [5.74, 6) is -0.00756. The number of anilines is 1. The molecule has 2 heterocycles. The third-order valence-corrected chi connectivity index (χ3v) is 5.55. The Hall–Kier alpha value is -3.05. The third-order valence-electron chi connectivity index (χ3n) is 5.32. The van der Waals surface area contributed by atoms with Crippen molar-refractivity contribution in [2.75, 3.05) is 24.7 Å². The molecule has 172 valence electrons. The van der Waals surface area contributed by atoms with Crippen LogP contribution in [0.15, 0.2) is 54.1 Å². The Kier molecular flexibility index (Phi) is 7.50. The first kappa shape index (κ1) is 23.1. The van der Waals surface area contributed by atoms with Crippen LogP contribution >= 0.6 is 11.6 Å². The van der Waals surface area contributed by atoms with E-state index < -0.39 is 5.97 Å². The average Bonchev–Trinajstić information content (AvgIpc) is 3.61. The molecule has 7 nitrogen and oxygen atoms in total. The first-order chi connectivity index (χ1) is 16.1. The van der Waals surface area contributed by atoms with Gasteiger partial charge in [-0.25, -0.2) is 0 Å². The fourth-order valence-corrected chi connectivity index (χ4v) is 3.62. The van der Waals surface area contributed by atoms with Gasteiger partial charge in [-0.15, -0.1) is 0 Å². The average molecular weight is 469 g/mol. The zero-order valence-electron chi connectivity index (χ0n) is 18.4. The van der Waals surface area contributed by atoms with Gasteiger partial charge in [0.05, 0.1) is 31.9 Å². The zero-order valence-corrected chi connectivity index (χ0v) is 19.1. The number of rotatable bonds is 10. The molecule has 0 bridgehead atoms. The standard InChI is InChI=1S/C25H25ClN2O5/c1-2-3-11-28-20-9-8-19(26)13-21(20)33-25(28)22(14-27)32-24(29)10-12-30-15-17-4-6-18(7-5-17)23-16-31-23/h4-9,13,23H,2-3,10-12,15-16H2,1H3/b25-22-. The van der Waals surface area contributed by atoms with Gasteiger partial charge in [-0.2, -0.15) is 5.26 Å². The number of fused-ring (bicyclic) bond motifs is 1. The molecular formula is C25H25ClN2O5. The van der Waals surface area contributed by atoms with Crippen molar-refractivity contribution in [2.45, 2.75) is 38.9 Å². The van der Waals surface area contributed by atoms with E-state index in [0.717, 1.165) is 36.3 Å². The smallest absolute Gasteiger partial charge is 0.314 e. The van der Waals surface area contributed by atoms with Crippen molar-refractivity contribution in [1.29, 1.82) is 5.26 Å². The molecule has 1 atom stereocenters. The van der Waals surface area contributed by atoms with Gasteiger partial charge in [-0.1, -0.05) is 49.2 Å². The lowest BCUT2D eigenvalue weighted by atomic mass is 10.1. The van der Waals surface area contributed by atoms with E-state index in [4.69, 9.17) is 30.5 Å². The summed E-state index contributed by atoms with van der Waals surface area (Å²) in [7, 11) is 0. The first-order valence-electron chi connectivity index (χ1n) is 11.0. The number of carbonyl (C=O) groups excluding carboxylic acids is 1. The highest BCUT2D eigenvalue weighted by molar-refractivity contribution is 6.30. The molecule has 2 aromatic rings. The van der Waals surface area contributed by atoms with Gasteiger partial charge in [0.25, 0.3) is 11.6 Å². The van der Waals surface area contributed by atoms with E-state index >= 15 is 0 Å². The number of nitrogens with zero attached hydrogens (tertiary/aromatic N) is 2. The highest BCUT2D eigenvalue weighted by atomic mass is 35.5. The zero-order chi connectivity index (χ0) is 23.2. The highest BCUT2D eigenvalue weighted by Crippen LogP contribution is 2.41. The van der Waals surface area contributed by atoms with Crippen LogP contribution in [-0.2, 0) is 25.6 Å². The van der Waals surface area contributed by atoms with E-state index in [1.54, 1.807) is 12.1 Å². The molecule has 1 saturated heterocycles. The molecule has 33 heavy (non-hydrogen) atoms. The Labute approximate surface area is 198 Å². The Morgan fingerprint density at radius 2 is 2.06 bits per heavy atom. The quantitative estimate of drug-likeness (QED) is 0.155. The van der Waals surface area contributed by atoms with Crippen LogP contribution < -0.4 is 9.64 Å². The SMILES string of the molecule is CCCCN1/C(=C(\C#N)OC(=O)CCOCc2ccc(C3CO3)cc2)Oc2cc(Cl)ccc21. The number of carbonyl (C=O) groups is 1.